The van der Waals surface area contributed by atoms with Crippen molar-refractivity contribution in [3.05, 3.63) is 17.0 Å². The number of hydrogen-bond donors (Lipinski definition) is 0. The molecule has 0 bridgehead atoms. The van der Waals surface area contributed by atoms with Crippen LogP contribution in [0.4, 0.5) is 5.82 Å². The van der Waals surface area contributed by atoms with E-state index in [1.54, 1.807) is 0 Å². The molecule has 1 heterocycles. The molecular formula is C10H16ClN3O. The summed E-state index contributed by atoms with van der Waals surface area (Å²) in [4.78, 5) is 10.1. The Hall–Kier alpha value is -0.870. The summed E-state index contributed by atoms with van der Waals surface area (Å²) < 4.78 is 5.28. The van der Waals surface area contributed by atoms with Crippen LogP contribution in [0.25, 0.3) is 0 Å². The molecule has 15 heavy (non-hydrogen) atoms. The van der Waals surface area contributed by atoms with Gasteiger partial charge in [0.1, 0.15) is 17.3 Å². The first-order valence-electron chi connectivity index (χ1n) is 4.92. The Bertz CT molecular complexity index is 320. The van der Waals surface area contributed by atoms with Crippen molar-refractivity contribution in [1.29, 1.82) is 0 Å². The topological polar surface area (TPSA) is 38.2 Å². The van der Waals surface area contributed by atoms with E-state index in [1.807, 2.05) is 25.8 Å². The van der Waals surface area contributed by atoms with Gasteiger partial charge in [-0.3, -0.25) is 0 Å². The van der Waals surface area contributed by atoms with Gasteiger partial charge in [0.05, 0.1) is 6.61 Å². The number of aromatic nitrogens is 2. The molecule has 0 aliphatic heterocycles. The van der Waals surface area contributed by atoms with Crippen molar-refractivity contribution >= 4 is 17.4 Å². The van der Waals surface area contributed by atoms with E-state index in [0.29, 0.717) is 11.8 Å². The summed E-state index contributed by atoms with van der Waals surface area (Å²) in [5.74, 6) is 0.856. The summed E-state index contributed by atoms with van der Waals surface area (Å²) in [5.41, 5.74) is 0.901. The van der Waals surface area contributed by atoms with E-state index in [9.17, 15) is 0 Å². The van der Waals surface area contributed by atoms with Crippen molar-refractivity contribution in [2.75, 3.05) is 31.7 Å². The van der Waals surface area contributed by atoms with E-state index in [4.69, 9.17) is 16.3 Å². The molecule has 1 rings (SSSR count). The highest BCUT2D eigenvalue weighted by Gasteiger charge is 2.08. The predicted molar refractivity (Wildman–Crippen MR) is 61.5 cm³/mol. The number of likely N-dealkylation sites (N-methyl/N-ethyl adjacent to an activating group) is 1. The predicted octanol–water partition coefficient (Wildman–Crippen LogP) is 1.91. The summed E-state index contributed by atoms with van der Waals surface area (Å²) in [7, 11) is 1.96. The molecule has 0 saturated carbocycles. The van der Waals surface area contributed by atoms with E-state index < -0.39 is 0 Å². The second kappa shape index (κ2) is 5.88. The third-order valence-corrected chi connectivity index (χ3v) is 2.51. The number of ether oxygens (including phenoxy) is 1. The molecule has 0 aromatic carbocycles. The zero-order chi connectivity index (χ0) is 11.3. The zero-order valence-corrected chi connectivity index (χ0v) is 10.1. The van der Waals surface area contributed by atoms with Gasteiger partial charge in [-0.25, -0.2) is 9.97 Å². The Balaban J connectivity index is 2.65. The van der Waals surface area contributed by atoms with Crippen LogP contribution in [0, 0.1) is 6.92 Å². The van der Waals surface area contributed by atoms with Gasteiger partial charge in [-0.05, 0) is 13.8 Å². The molecule has 0 fully saturated rings. The second-order valence-electron chi connectivity index (χ2n) is 3.23. The third-order valence-electron chi connectivity index (χ3n) is 2.13. The maximum atomic E-state index is 5.91. The molecule has 1 aromatic rings. The fourth-order valence-electron chi connectivity index (χ4n) is 1.26. The minimum absolute atomic E-state index is 0.503. The first kappa shape index (κ1) is 12.2. The van der Waals surface area contributed by atoms with Gasteiger partial charge in [-0.2, -0.15) is 0 Å². The van der Waals surface area contributed by atoms with Crippen molar-refractivity contribution < 1.29 is 4.74 Å². The maximum Gasteiger partial charge on any atom is 0.137 e. The largest absolute Gasteiger partial charge is 0.380 e. The fourth-order valence-corrected chi connectivity index (χ4v) is 1.38. The molecule has 0 amide bonds. The molecule has 5 heteroatoms. The van der Waals surface area contributed by atoms with E-state index in [2.05, 4.69) is 9.97 Å². The normalized spacial score (nSPS) is 10.4. The molecule has 1 aromatic heterocycles. The van der Waals surface area contributed by atoms with Crippen LogP contribution in [-0.2, 0) is 4.74 Å². The highest BCUT2D eigenvalue weighted by Crippen LogP contribution is 2.20. The third kappa shape index (κ3) is 3.32. The highest BCUT2D eigenvalue weighted by atomic mass is 35.5. The number of anilines is 1. The van der Waals surface area contributed by atoms with E-state index in [-0.39, 0.29) is 0 Å². The van der Waals surface area contributed by atoms with Crippen molar-refractivity contribution in [3.8, 4) is 0 Å². The lowest BCUT2D eigenvalue weighted by molar-refractivity contribution is 0.154. The van der Waals surface area contributed by atoms with Crippen molar-refractivity contribution in [2.45, 2.75) is 13.8 Å². The lowest BCUT2D eigenvalue weighted by atomic mass is 10.3. The molecule has 0 atom stereocenters. The van der Waals surface area contributed by atoms with Gasteiger partial charge >= 0.3 is 0 Å². The lowest BCUT2D eigenvalue weighted by Gasteiger charge is -2.19. The van der Waals surface area contributed by atoms with Gasteiger partial charge in [-0.1, -0.05) is 11.6 Å². The molecule has 0 saturated heterocycles. The quantitative estimate of drug-likeness (QED) is 0.571. The van der Waals surface area contributed by atoms with Crippen LogP contribution >= 0.6 is 11.6 Å². The molecule has 0 aliphatic rings. The van der Waals surface area contributed by atoms with E-state index in [1.165, 1.54) is 6.33 Å². The lowest BCUT2D eigenvalue weighted by Crippen LogP contribution is -2.24. The Morgan fingerprint density at radius 3 is 2.87 bits per heavy atom. The van der Waals surface area contributed by atoms with Crippen molar-refractivity contribution in [3.63, 3.8) is 0 Å². The molecule has 0 spiro atoms. The summed E-state index contributed by atoms with van der Waals surface area (Å²) in [6.07, 6.45) is 1.47. The molecular weight excluding hydrogens is 214 g/mol. The summed E-state index contributed by atoms with van der Waals surface area (Å²) >= 11 is 5.91. The van der Waals surface area contributed by atoms with Crippen LogP contribution < -0.4 is 4.90 Å². The van der Waals surface area contributed by atoms with E-state index in [0.717, 1.165) is 24.5 Å². The van der Waals surface area contributed by atoms with Crippen LogP contribution in [0.3, 0.4) is 0 Å². The van der Waals surface area contributed by atoms with Crippen LogP contribution in [0.1, 0.15) is 12.5 Å². The van der Waals surface area contributed by atoms with Crippen molar-refractivity contribution in [2.24, 2.45) is 0 Å². The average Bonchev–Trinajstić information content (AvgIpc) is 2.22. The summed E-state index contributed by atoms with van der Waals surface area (Å²) in [6.45, 7) is 6.11. The Morgan fingerprint density at radius 1 is 1.47 bits per heavy atom. The minimum atomic E-state index is 0.503. The van der Waals surface area contributed by atoms with Crippen molar-refractivity contribution in [1.82, 2.24) is 9.97 Å². The number of rotatable bonds is 5. The molecule has 0 aliphatic carbocycles. The smallest absolute Gasteiger partial charge is 0.137 e. The Morgan fingerprint density at radius 2 is 2.20 bits per heavy atom. The number of halogens is 1. The average molecular weight is 230 g/mol. The standard InChI is InChI=1S/C10H16ClN3O/c1-4-15-6-5-14(3)10-8(2)9(11)12-7-13-10/h7H,4-6H2,1-3H3. The first-order chi connectivity index (χ1) is 7.16. The summed E-state index contributed by atoms with van der Waals surface area (Å²) in [6, 6.07) is 0. The maximum absolute atomic E-state index is 5.91. The molecule has 0 radical (unpaired) electrons. The highest BCUT2D eigenvalue weighted by molar-refractivity contribution is 6.30. The van der Waals surface area contributed by atoms with Crippen LogP contribution in [0.2, 0.25) is 5.15 Å². The number of nitrogens with zero attached hydrogens (tertiary/aromatic N) is 3. The Kier molecular flexibility index (Phi) is 4.78. The zero-order valence-electron chi connectivity index (χ0n) is 9.33. The van der Waals surface area contributed by atoms with Gasteiger partial charge in [0.15, 0.2) is 0 Å². The SMILES string of the molecule is CCOCCN(C)c1ncnc(Cl)c1C. The van der Waals surface area contributed by atoms with Gasteiger partial charge in [-0.15, -0.1) is 0 Å². The minimum Gasteiger partial charge on any atom is -0.380 e. The Labute approximate surface area is 95.2 Å². The molecule has 0 N–H and O–H groups in total. The number of hydrogen-bond acceptors (Lipinski definition) is 4. The van der Waals surface area contributed by atoms with Gasteiger partial charge in [0.25, 0.3) is 0 Å². The monoisotopic (exact) mass is 229 g/mol. The molecule has 0 unspecified atom stereocenters. The molecule has 84 valence electrons. The van der Waals surface area contributed by atoms with Crippen LogP contribution in [0.5, 0.6) is 0 Å². The van der Waals surface area contributed by atoms with E-state index >= 15 is 0 Å². The van der Waals surface area contributed by atoms with Crippen LogP contribution in [-0.4, -0.2) is 36.8 Å². The summed E-state index contributed by atoms with van der Waals surface area (Å²) in [5, 5.41) is 0.503. The van der Waals surface area contributed by atoms with Gasteiger partial charge in [0.2, 0.25) is 0 Å². The fraction of sp³-hybridized carbons (Fsp3) is 0.600. The molecule has 4 nitrogen and oxygen atoms in total. The second-order valence-corrected chi connectivity index (χ2v) is 3.59. The first-order valence-corrected chi connectivity index (χ1v) is 5.30. The van der Waals surface area contributed by atoms with Gasteiger partial charge < -0.3 is 9.64 Å². The van der Waals surface area contributed by atoms with Crippen LogP contribution in [0.15, 0.2) is 6.33 Å². The van der Waals surface area contributed by atoms with Gasteiger partial charge in [0, 0.05) is 25.8 Å².